The minimum atomic E-state index is -0.993. The summed E-state index contributed by atoms with van der Waals surface area (Å²) in [5.74, 6) is -1.27. The Bertz CT molecular complexity index is 1180. The van der Waals surface area contributed by atoms with Crippen molar-refractivity contribution >= 4 is 28.9 Å². The second-order valence-corrected chi connectivity index (χ2v) is 11.5. The van der Waals surface area contributed by atoms with Gasteiger partial charge in [-0.15, -0.1) is 0 Å². The van der Waals surface area contributed by atoms with Gasteiger partial charge in [-0.3, -0.25) is 29.8 Å². The first kappa shape index (κ1) is 51.3. The van der Waals surface area contributed by atoms with Gasteiger partial charge in [-0.05, 0) is 12.5 Å². The molecule has 0 saturated carbocycles. The van der Waals surface area contributed by atoms with Crippen molar-refractivity contribution in [2.75, 3.05) is 164 Å². The molecule has 1 aromatic carbocycles. The van der Waals surface area contributed by atoms with E-state index in [4.69, 9.17) is 57.2 Å². The molecule has 0 spiro atoms. The Morgan fingerprint density at radius 2 is 0.877 bits per heavy atom. The molecular weight excluding hydrogens is 764 g/mol. The second-order valence-electron chi connectivity index (χ2n) is 11.5. The van der Waals surface area contributed by atoms with Crippen LogP contribution in [0.4, 0.5) is 17.1 Å². The fraction of sp³-hybridized carbons (Fsp3) is 0.771. The molecule has 328 valence electrons. The van der Waals surface area contributed by atoms with E-state index in [1.807, 2.05) is 0 Å². The number of carboxylic acids is 1. The van der Waals surface area contributed by atoms with Crippen LogP contribution >= 0.6 is 0 Å². The molecule has 0 heterocycles. The number of aliphatic carboxylic acids is 1. The summed E-state index contributed by atoms with van der Waals surface area (Å²) in [5, 5.41) is 36.0. The minimum Gasteiger partial charge on any atom is -0.481 e. The zero-order valence-corrected chi connectivity index (χ0v) is 32.6. The van der Waals surface area contributed by atoms with Crippen LogP contribution in [0.3, 0.4) is 0 Å². The number of hydrogen-bond acceptors (Lipinski definition) is 18. The fourth-order valence-electron chi connectivity index (χ4n) is 4.20. The summed E-state index contributed by atoms with van der Waals surface area (Å²) >= 11 is 0. The van der Waals surface area contributed by atoms with Crippen molar-refractivity contribution in [1.29, 1.82) is 0 Å². The van der Waals surface area contributed by atoms with Crippen molar-refractivity contribution in [3.05, 3.63) is 38.4 Å². The number of benzene rings is 1. The molecule has 0 bridgehead atoms. The number of non-ortho nitro benzene ring substituents is 1. The second kappa shape index (κ2) is 37.9. The Kier molecular flexibility index (Phi) is 34.1. The molecule has 0 unspecified atom stereocenters. The zero-order valence-electron chi connectivity index (χ0n) is 32.6. The number of carbonyl (C=O) groups excluding carboxylic acids is 1. The number of nitro benzene ring substituents is 2. The molecule has 0 aliphatic carbocycles. The summed E-state index contributed by atoms with van der Waals surface area (Å²) in [5.41, 5.74) is -0.547. The van der Waals surface area contributed by atoms with Gasteiger partial charge >= 0.3 is 5.97 Å². The molecule has 0 saturated heterocycles. The van der Waals surface area contributed by atoms with E-state index < -0.39 is 15.8 Å². The van der Waals surface area contributed by atoms with E-state index in [9.17, 15) is 29.8 Å². The first-order valence-electron chi connectivity index (χ1n) is 18.8. The van der Waals surface area contributed by atoms with Crippen LogP contribution in [0.2, 0.25) is 0 Å². The van der Waals surface area contributed by atoms with Crippen LogP contribution in [0.5, 0.6) is 0 Å². The minimum absolute atomic E-state index is 0.0217. The quantitative estimate of drug-likeness (QED) is 0.0478. The van der Waals surface area contributed by atoms with Gasteiger partial charge in [-0.25, -0.2) is 0 Å². The standard InChI is InChI=1S/C35H60N4O18/c40-34(4-5-35(41)42)37-6-1-8-47-10-12-49-14-16-51-18-20-53-22-24-55-26-28-57-29-27-56-25-23-54-21-19-52-17-15-50-13-11-48-9-7-36-32-3-2-31(38(43)44)30-33(32)39(45)46/h2-3,30,36H,1,4-29H2,(H,37,40)(H,41,42). The zero-order chi connectivity index (χ0) is 41.4. The highest BCUT2D eigenvalue weighted by molar-refractivity contribution is 5.80. The van der Waals surface area contributed by atoms with Gasteiger partial charge in [-0.2, -0.15) is 0 Å². The molecule has 22 nitrogen and oxygen atoms in total. The van der Waals surface area contributed by atoms with Gasteiger partial charge in [0.05, 0.1) is 161 Å². The molecule has 3 N–H and O–H groups in total. The summed E-state index contributed by atoms with van der Waals surface area (Å²) < 4.78 is 59.9. The number of nitrogens with zero attached hydrogens (tertiary/aromatic N) is 2. The van der Waals surface area contributed by atoms with Crippen LogP contribution in [0, 0.1) is 20.2 Å². The Balaban J connectivity index is 1.70. The van der Waals surface area contributed by atoms with Crippen molar-refractivity contribution in [2.24, 2.45) is 0 Å². The molecule has 0 fully saturated rings. The summed E-state index contributed by atoms with van der Waals surface area (Å²) in [6.45, 7) is 10.1. The molecule has 0 aliphatic heterocycles. The van der Waals surface area contributed by atoms with Crippen molar-refractivity contribution in [3.8, 4) is 0 Å². The fourth-order valence-corrected chi connectivity index (χ4v) is 4.20. The van der Waals surface area contributed by atoms with Crippen molar-refractivity contribution in [1.82, 2.24) is 5.32 Å². The van der Waals surface area contributed by atoms with Gasteiger partial charge in [-0.1, -0.05) is 0 Å². The molecule has 57 heavy (non-hydrogen) atoms. The lowest BCUT2D eigenvalue weighted by molar-refractivity contribution is -0.393. The van der Waals surface area contributed by atoms with Crippen molar-refractivity contribution in [2.45, 2.75) is 19.3 Å². The molecule has 1 rings (SSSR count). The number of nitro groups is 2. The van der Waals surface area contributed by atoms with E-state index in [-0.39, 0.29) is 49.0 Å². The van der Waals surface area contributed by atoms with Crippen molar-refractivity contribution < 1.29 is 76.6 Å². The van der Waals surface area contributed by atoms with E-state index in [2.05, 4.69) is 10.6 Å². The average molecular weight is 825 g/mol. The molecule has 0 atom stereocenters. The van der Waals surface area contributed by atoms with Gasteiger partial charge in [0.15, 0.2) is 0 Å². The number of rotatable bonds is 43. The molecule has 0 aromatic heterocycles. The van der Waals surface area contributed by atoms with E-state index >= 15 is 0 Å². The molecule has 1 amide bonds. The topological polar surface area (TPSA) is 266 Å². The largest absolute Gasteiger partial charge is 0.481 e. The molecule has 1 aromatic rings. The third-order valence-electron chi connectivity index (χ3n) is 7.02. The number of carbonyl (C=O) groups is 2. The first-order chi connectivity index (χ1) is 27.8. The summed E-state index contributed by atoms with van der Waals surface area (Å²) in [6.07, 6.45) is 0.441. The lowest BCUT2D eigenvalue weighted by Gasteiger charge is -2.09. The predicted octanol–water partition coefficient (Wildman–Crippen LogP) is 1.47. The lowest BCUT2D eigenvalue weighted by Crippen LogP contribution is -2.25. The van der Waals surface area contributed by atoms with Crippen LogP contribution in [0.25, 0.3) is 0 Å². The lowest BCUT2D eigenvalue weighted by atomic mass is 10.2. The van der Waals surface area contributed by atoms with E-state index in [1.165, 1.54) is 12.1 Å². The van der Waals surface area contributed by atoms with Gasteiger partial charge < -0.3 is 67.8 Å². The smallest absolute Gasteiger partial charge is 0.303 e. The summed E-state index contributed by atoms with van der Waals surface area (Å²) in [6, 6.07) is 3.41. The summed E-state index contributed by atoms with van der Waals surface area (Å²) in [7, 11) is 0. The third-order valence-corrected chi connectivity index (χ3v) is 7.02. The van der Waals surface area contributed by atoms with Gasteiger partial charge in [0, 0.05) is 32.2 Å². The number of carboxylic acid groups (broad SMARTS) is 1. The maximum Gasteiger partial charge on any atom is 0.303 e. The maximum absolute atomic E-state index is 11.4. The van der Waals surface area contributed by atoms with E-state index in [0.29, 0.717) is 152 Å². The molecule has 22 heteroatoms. The first-order valence-corrected chi connectivity index (χ1v) is 18.8. The van der Waals surface area contributed by atoms with Crippen LogP contribution < -0.4 is 10.6 Å². The normalized spacial score (nSPS) is 11.2. The number of nitrogens with one attached hydrogen (secondary N) is 2. The van der Waals surface area contributed by atoms with Crippen LogP contribution in [-0.2, 0) is 61.7 Å². The van der Waals surface area contributed by atoms with Crippen LogP contribution in [0.15, 0.2) is 18.2 Å². The Morgan fingerprint density at radius 3 is 1.23 bits per heavy atom. The highest BCUT2D eigenvalue weighted by Gasteiger charge is 2.19. The predicted molar refractivity (Wildman–Crippen MR) is 202 cm³/mol. The number of amides is 1. The van der Waals surface area contributed by atoms with Gasteiger partial charge in [0.1, 0.15) is 5.69 Å². The average Bonchev–Trinajstić information content (AvgIpc) is 3.19. The monoisotopic (exact) mass is 824 g/mol. The number of hydrogen-bond donors (Lipinski definition) is 3. The van der Waals surface area contributed by atoms with Crippen LogP contribution in [0.1, 0.15) is 19.3 Å². The summed E-state index contributed by atoms with van der Waals surface area (Å²) in [4.78, 5) is 42.4. The molecular formula is C35H60N4O18. The number of ether oxygens (including phenoxy) is 11. The van der Waals surface area contributed by atoms with E-state index in [1.54, 1.807) is 0 Å². The molecule has 0 aliphatic rings. The highest BCUT2D eigenvalue weighted by Crippen LogP contribution is 2.28. The SMILES string of the molecule is O=C(O)CCC(=O)NCCCOCCOCCOCCOCCOCCOCCOCCOCCOCCOCCOCCNc1ccc([N+](=O)[O-])cc1[N+](=O)[O-]. The van der Waals surface area contributed by atoms with Crippen LogP contribution in [-0.4, -0.2) is 185 Å². The Morgan fingerprint density at radius 1 is 0.509 bits per heavy atom. The highest BCUT2D eigenvalue weighted by atomic mass is 16.6. The Hall–Kier alpha value is -3.68. The van der Waals surface area contributed by atoms with Gasteiger partial charge in [0.2, 0.25) is 5.91 Å². The van der Waals surface area contributed by atoms with Crippen molar-refractivity contribution in [3.63, 3.8) is 0 Å². The molecule has 0 radical (unpaired) electrons. The maximum atomic E-state index is 11.4. The number of anilines is 1. The van der Waals surface area contributed by atoms with E-state index in [0.717, 1.165) is 6.07 Å². The van der Waals surface area contributed by atoms with Gasteiger partial charge in [0.25, 0.3) is 11.4 Å². The third kappa shape index (κ3) is 33.0. The Labute approximate surface area is 332 Å².